The van der Waals surface area contributed by atoms with E-state index in [0.29, 0.717) is 49.8 Å². The number of carbonyl (C=O) groups is 2. The number of aliphatic carboxylic acids is 1. The average Bonchev–Trinajstić information content (AvgIpc) is 2.73. The van der Waals surface area contributed by atoms with E-state index < -0.39 is 12.6 Å². The number of hydrogen-bond acceptors (Lipinski definition) is 7. The molecule has 9 heteroatoms. The molecule has 2 aromatic rings. The van der Waals surface area contributed by atoms with Crippen molar-refractivity contribution >= 4 is 17.7 Å². The lowest BCUT2D eigenvalue weighted by Crippen LogP contribution is -2.49. The predicted octanol–water partition coefficient (Wildman–Crippen LogP) is 1.30. The molecule has 9 nitrogen and oxygen atoms in total. The first kappa shape index (κ1) is 19.4. The molecule has 1 aliphatic rings. The van der Waals surface area contributed by atoms with E-state index in [4.69, 9.17) is 14.6 Å². The minimum Gasteiger partial charge on any atom is -0.490 e. The van der Waals surface area contributed by atoms with Gasteiger partial charge in [-0.05, 0) is 37.3 Å². The molecule has 0 aliphatic carbocycles. The zero-order valence-corrected chi connectivity index (χ0v) is 15.6. The van der Waals surface area contributed by atoms with Gasteiger partial charge < -0.3 is 24.4 Å². The third kappa shape index (κ3) is 4.67. The Bertz CT molecular complexity index is 822. The zero-order valence-electron chi connectivity index (χ0n) is 15.6. The van der Waals surface area contributed by atoms with Crippen LogP contribution in [0.4, 0.5) is 5.82 Å². The number of aromatic nitrogens is 2. The number of hydrogen-bond donors (Lipinski definition) is 1. The van der Waals surface area contributed by atoms with Crippen molar-refractivity contribution in [1.29, 1.82) is 0 Å². The third-order valence-electron chi connectivity index (χ3n) is 4.29. The Morgan fingerprint density at radius 1 is 1.11 bits per heavy atom. The number of benzene rings is 1. The fraction of sp³-hybridized carbons (Fsp3) is 0.368. The summed E-state index contributed by atoms with van der Waals surface area (Å²) in [6, 6.07) is 8.52. The molecule has 0 spiro atoms. The molecular formula is C19H22N4O5. The van der Waals surface area contributed by atoms with Crippen LogP contribution in [0.1, 0.15) is 17.3 Å². The highest BCUT2D eigenvalue weighted by molar-refractivity contribution is 5.95. The number of amides is 1. The van der Waals surface area contributed by atoms with Crippen LogP contribution in [0.5, 0.6) is 11.5 Å². The maximum absolute atomic E-state index is 12.9. The second-order valence-corrected chi connectivity index (χ2v) is 6.14. The summed E-state index contributed by atoms with van der Waals surface area (Å²) in [4.78, 5) is 27.4. The van der Waals surface area contributed by atoms with Crippen molar-refractivity contribution in [2.45, 2.75) is 6.92 Å². The Hall–Kier alpha value is -3.36. The van der Waals surface area contributed by atoms with E-state index in [0.717, 1.165) is 5.82 Å². The third-order valence-corrected chi connectivity index (χ3v) is 4.29. The number of nitrogens with zero attached hydrogens (tertiary/aromatic N) is 4. The second kappa shape index (κ2) is 9.03. The monoisotopic (exact) mass is 386 g/mol. The van der Waals surface area contributed by atoms with Gasteiger partial charge in [0.2, 0.25) is 0 Å². The molecule has 0 saturated carbocycles. The van der Waals surface area contributed by atoms with Crippen LogP contribution in [0, 0.1) is 0 Å². The number of carboxylic acid groups (broad SMARTS) is 1. The van der Waals surface area contributed by atoms with E-state index in [1.165, 1.54) is 0 Å². The molecule has 0 unspecified atom stereocenters. The van der Waals surface area contributed by atoms with Crippen LogP contribution in [-0.2, 0) is 4.79 Å². The zero-order chi connectivity index (χ0) is 19.9. The topological polar surface area (TPSA) is 105 Å². The van der Waals surface area contributed by atoms with Crippen LogP contribution in [0.25, 0.3) is 0 Å². The fourth-order valence-corrected chi connectivity index (χ4v) is 2.95. The molecule has 1 aromatic carbocycles. The molecule has 3 rings (SSSR count). The minimum atomic E-state index is -1.08. The highest BCUT2D eigenvalue weighted by Crippen LogP contribution is 2.29. The van der Waals surface area contributed by atoms with Crippen molar-refractivity contribution in [3.8, 4) is 11.5 Å². The highest BCUT2D eigenvalue weighted by atomic mass is 16.5. The van der Waals surface area contributed by atoms with Gasteiger partial charge in [-0.2, -0.15) is 5.10 Å². The average molecular weight is 386 g/mol. The van der Waals surface area contributed by atoms with Crippen LogP contribution in [0.2, 0.25) is 0 Å². The smallest absolute Gasteiger partial charge is 0.341 e. The first-order chi connectivity index (χ1) is 13.6. The molecule has 28 heavy (non-hydrogen) atoms. The summed E-state index contributed by atoms with van der Waals surface area (Å²) >= 11 is 0. The lowest BCUT2D eigenvalue weighted by Gasteiger charge is -2.35. The van der Waals surface area contributed by atoms with Gasteiger partial charge in [0.05, 0.1) is 6.61 Å². The van der Waals surface area contributed by atoms with Crippen LogP contribution in [-0.4, -0.2) is 71.5 Å². The van der Waals surface area contributed by atoms with E-state index in [1.807, 2.05) is 12.1 Å². The van der Waals surface area contributed by atoms with E-state index in [2.05, 4.69) is 15.1 Å². The van der Waals surface area contributed by atoms with Crippen molar-refractivity contribution in [3.05, 3.63) is 42.1 Å². The molecule has 1 aromatic heterocycles. The van der Waals surface area contributed by atoms with Crippen LogP contribution < -0.4 is 14.4 Å². The highest BCUT2D eigenvalue weighted by Gasteiger charge is 2.24. The van der Waals surface area contributed by atoms with E-state index in [1.54, 1.807) is 36.2 Å². The van der Waals surface area contributed by atoms with Crippen molar-refractivity contribution < 1.29 is 24.2 Å². The molecule has 0 bridgehead atoms. The lowest BCUT2D eigenvalue weighted by molar-refractivity contribution is -0.139. The Morgan fingerprint density at radius 2 is 1.89 bits per heavy atom. The second-order valence-electron chi connectivity index (χ2n) is 6.14. The van der Waals surface area contributed by atoms with Crippen molar-refractivity contribution in [2.24, 2.45) is 0 Å². The Labute approximate surface area is 162 Å². The summed E-state index contributed by atoms with van der Waals surface area (Å²) in [7, 11) is 0. The molecule has 1 aliphatic heterocycles. The molecule has 0 radical (unpaired) electrons. The van der Waals surface area contributed by atoms with Gasteiger partial charge in [-0.1, -0.05) is 0 Å². The van der Waals surface area contributed by atoms with E-state index >= 15 is 0 Å². The van der Waals surface area contributed by atoms with Crippen LogP contribution >= 0.6 is 0 Å². The molecule has 148 valence electrons. The number of carboxylic acids is 1. The normalized spacial score (nSPS) is 13.9. The molecule has 1 saturated heterocycles. The molecular weight excluding hydrogens is 364 g/mol. The Balaban J connectivity index is 1.67. The molecule has 1 N–H and O–H groups in total. The number of rotatable bonds is 7. The number of anilines is 1. The summed E-state index contributed by atoms with van der Waals surface area (Å²) in [6.45, 7) is 4.18. The molecule has 0 atom stereocenters. The van der Waals surface area contributed by atoms with E-state index in [-0.39, 0.29) is 5.91 Å². The van der Waals surface area contributed by atoms with Crippen LogP contribution in [0.15, 0.2) is 36.5 Å². The molecule has 2 heterocycles. The van der Waals surface area contributed by atoms with Gasteiger partial charge >= 0.3 is 5.97 Å². The number of carbonyl (C=O) groups excluding carboxylic acids is 1. The molecule has 1 amide bonds. The van der Waals surface area contributed by atoms with Gasteiger partial charge in [0.15, 0.2) is 23.9 Å². The summed E-state index contributed by atoms with van der Waals surface area (Å²) < 4.78 is 10.7. The van der Waals surface area contributed by atoms with Gasteiger partial charge in [-0.15, -0.1) is 5.10 Å². The maximum atomic E-state index is 12.9. The standard InChI is InChI=1S/C19H22N4O5/c1-2-27-16-12-14(5-6-15(16)28-13-18(24)25)19(26)23-10-8-22(9-11-23)17-4-3-7-20-21-17/h3-7,12H,2,8-11,13H2,1H3,(H,24,25). The summed E-state index contributed by atoms with van der Waals surface area (Å²) in [5, 5.41) is 16.8. The molecule has 1 fully saturated rings. The maximum Gasteiger partial charge on any atom is 0.341 e. The summed E-state index contributed by atoms with van der Waals surface area (Å²) in [6.07, 6.45) is 1.63. The summed E-state index contributed by atoms with van der Waals surface area (Å²) in [5.74, 6) is 0.266. The largest absolute Gasteiger partial charge is 0.490 e. The minimum absolute atomic E-state index is 0.107. The number of piperazine rings is 1. The first-order valence-electron chi connectivity index (χ1n) is 9.02. The van der Waals surface area contributed by atoms with Gasteiger partial charge in [0.1, 0.15) is 0 Å². The fourth-order valence-electron chi connectivity index (χ4n) is 2.95. The van der Waals surface area contributed by atoms with Crippen molar-refractivity contribution in [3.63, 3.8) is 0 Å². The SMILES string of the molecule is CCOc1cc(C(=O)N2CCN(c3cccnn3)CC2)ccc1OCC(=O)O. The van der Waals surface area contributed by atoms with E-state index in [9.17, 15) is 9.59 Å². The Morgan fingerprint density at radius 3 is 2.54 bits per heavy atom. The first-order valence-corrected chi connectivity index (χ1v) is 9.02. The van der Waals surface area contributed by atoms with Gasteiger partial charge in [-0.25, -0.2) is 4.79 Å². The van der Waals surface area contributed by atoms with Crippen molar-refractivity contribution in [1.82, 2.24) is 15.1 Å². The predicted molar refractivity (Wildman–Crippen MR) is 101 cm³/mol. The Kier molecular flexibility index (Phi) is 6.25. The quantitative estimate of drug-likeness (QED) is 0.759. The van der Waals surface area contributed by atoms with Gasteiger partial charge in [0, 0.05) is 37.9 Å². The van der Waals surface area contributed by atoms with Gasteiger partial charge in [0.25, 0.3) is 5.91 Å². The van der Waals surface area contributed by atoms with Crippen molar-refractivity contribution in [2.75, 3.05) is 44.3 Å². The van der Waals surface area contributed by atoms with Gasteiger partial charge in [-0.3, -0.25) is 4.79 Å². The number of ether oxygens (including phenoxy) is 2. The van der Waals surface area contributed by atoms with Crippen LogP contribution in [0.3, 0.4) is 0 Å². The lowest BCUT2D eigenvalue weighted by atomic mass is 10.1. The summed E-state index contributed by atoms with van der Waals surface area (Å²) in [5.41, 5.74) is 0.471.